The molecular weight excluding hydrogens is 498 g/mol. The number of fused-ring (bicyclic) bond motifs is 3. The van der Waals surface area contributed by atoms with Gasteiger partial charge in [-0.1, -0.05) is 44.7 Å². The van der Waals surface area contributed by atoms with Gasteiger partial charge in [-0.2, -0.15) is 8.42 Å². The van der Waals surface area contributed by atoms with Crippen LogP contribution in [0.2, 0.25) is 5.02 Å². The van der Waals surface area contributed by atoms with E-state index < -0.39 is 10.1 Å². The molecule has 2 radical (unpaired) electrons. The molecule has 2 aromatic rings. The molecule has 1 aromatic carbocycles. The molecule has 2 saturated carbocycles. The number of carbonyl (C=O) groups excluding carboxylic acids is 1. The van der Waals surface area contributed by atoms with Crippen LogP contribution in [0.3, 0.4) is 0 Å². The zero-order valence-electron chi connectivity index (χ0n) is 21.0. The summed E-state index contributed by atoms with van der Waals surface area (Å²) in [6, 6.07) is 7.44. The lowest BCUT2D eigenvalue weighted by molar-refractivity contribution is 0.0682. The summed E-state index contributed by atoms with van der Waals surface area (Å²) in [6.45, 7) is 2.02. The zero-order valence-corrected chi connectivity index (χ0v) is 22.5. The summed E-state index contributed by atoms with van der Waals surface area (Å²) >= 11 is 6.52. The monoisotopic (exact) mass is 533 g/mol. The topological polar surface area (TPSA) is 88.6 Å². The number of rotatable bonds is 6. The molecule has 3 fully saturated rings. The van der Waals surface area contributed by atoms with Gasteiger partial charge in [0.1, 0.15) is 5.82 Å². The van der Waals surface area contributed by atoms with Gasteiger partial charge in [0.05, 0.1) is 28.5 Å². The number of nitrogens with zero attached hydrogens (tertiary/aromatic N) is 2. The number of nitrogens with one attached hydrogen (secondary N) is 1. The number of aromatic nitrogens is 1. The average molecular weight is 534 g/mol. The highest BCUT2D eigenvalue weighted by Crippen LogP contribution is 2.48. The Morgan fingerprint density at radius 3 is 2.50 bits per heavy atom. The zero-order chi connectivity index (χ0) is 24.6. The minimum Gasteiger partial charge on any atom is -0.356 e. The van der Waals surface area contributed by atoms with Gasteiger partial charge in [-0.15, -0.1) is 0 Å². The Kier molecular flexibility index (Phi) is 8.17. The smallest absolute Gasteiger partial charge is 0.264 e. The third kappa shape index (κ3) is 5.97. The molecule has 1 aliphatic heterocycles. The van der Waals surface area contributed by atoms with Crippen molar-refractivity contribution < 1.29 is 17.4 Å². The Bertz CT molecular complexity index is 1200. The largest absolute Gasteiger partial charge is 0.356 e. The fourth-order valence-electron chi connectivity index (χ4n) is 6.43. The molecule has 36 heavy (non-hydrogen) atoms. The van der Waals surface area contributed by atoms with Crippen LogP contribution in [0.4, 0.5) is 5.82 Å². The predicted octanol–water partition coefficient (Wildman–Crippen LogP) is 5.25. The van der Waals surface area contributed by atoms with E-state index in [1.54, 1.807) is 6.07 Å². The van der Waals surface area contributed by atoms with Gasteiger partial charge in [0, 0.05) is 25.0 Å². The molecule has 1 amide bonds. The van der Waals surface area contributed by atoms with Crippen molar-refractivity contribution >= 4 is 44.3 Å². The Morgan fingerprint density at radius 2 is 1.83 bits per heavy atom. The van der Waals surface area contributed by atoms with Gasteiger partial charge in [-0.3, -0.25) is 8.98 Å². The van der Waals surface area contributed by atoms with Crippen molar-refractivity contribution in [1.82, 2.24) is 10.3 Å². The third-order valence-electron chi connectivity index (χ3n) is 8.09. The maximum absolute atomic E-state index is 13.3. The first-order chi connectivity index (χ1) is 16.7. The van der Waals surface area contributed by atoms with Crippen LogP contribution in [0, 0.1) is 18.8 Å². The average Bonchev–Trinajstić information content (AvgIpc) is 2.82. The Morgan fingerprint density at radius 1 is 1.14 bits per heavy atom. The number of pyridine rings is 1. The Balaban J connectivity index is 0.00000304. The van der Waals surface area contributed by atoms with Gasteiger partial charge in [-0.25, -0.2) is 4.98 Å². The van der Waals surface area contributed by atoms with Crippen molar-refractivity contribution in [2.75, 3.05) is 30.8 Å². The van der Waals surface area contributed by atoms with Crippen LogP contribution in [0.25, 0.3) is 10.9 Å². The van der Waals surface area contributed by atoms with Crippen molar-refractivity contribution in [3.05, 3.63) is 42.3 Å². The first-order valence-electron chi connectivity index (χ1n) is 12.7. The fourth-order valence-corrected chi connectivity index (χ4v) is 7.37. The summed E-state index contributed by atoms with van der Waals surface area (Å²) in [5.74, 6) is 1.50. The maximum atomic E-state index is 13.3. The molecule has 1 aromatic heterocycles. The summed E-state index contributed by atoms with van der Waals surface area (Å²) in [5.41, 5.74) is 1.45. The standard InChI is InChI=1S/C26H34ClN3O4S.CH2/c1-35(32,33)34-19-10-14-30(15-11-19)23-9-6-20-22(29-23)8-7-21(27)24(20)25(31)28-17-26-12-2-4-18(16-26)5-3-13-26;/h6-9,18-19H,2-5,10-17H2,1H3,(H,28,31);1H2. The number of halogens is 1. The summed E-state index contributed by atoms with van der Waals surface area (Å²) < 4.78 is 28.0. The van der Waals surface area contributed by atoms with E-state index in [0.717, 1.165) is 28.9 Å². The highest BCUT2D eigenvalue weighted by atomic mass is 35.5. The Hall–Kier alpha value is -1.90. The second kappa shape index (κ2) is 10.8. The van der Waals surface area contributed by atoms with Gasteiger partial charge in [0.25, 0.3) is 16.0 Å². The fraction of sp³-hybridized carbons (Fsp3) is 0.593. The quantitative estimate of drug-likeness (QED) is 0.510. The molecule has 2 aliphatic carbocycles. The second-order valence-electron chi connectivity index (χ2n) is 10.7. The van der Waals surface area contributed by atoms with Crippen LogP contribution in [0.5, 0.6) is 0 Å². The van der Waals surface area contributed by atoms with Crippen molar-refractivity contribution in [3.63, 3.8) is 0 Å². The molecular formula is C27H36ClN3O4S. The van der Waals surface area contributed by atoms with E-state index in [0.29, 0.717) is 43.1 Å². The minimum absolute atomic E-state index is 0. The molecule has 1 N–H and O–H groups in total. The van der Waals surface area contributed by atoms with Gasteiger partial charge < -0.3 is 10.2 Å². The number of benzene rings is 1. The predicted molar refractivity (Wildman–Crippen MR) is 144 cm³/mol. The molecule has 0 spiro atoms. The molecule has 0 atom stereocenters. The molecule has 0 unspecified atom stereocenters. The number of hydrogen-bond donors (Lipinski definition) is 1. The number of anilines is 1. The van der Waals surface area contributed by atoms with Crippen LogP contribution >= 0.6 is 11.6 Å². The van der Waals surface area contributed by atoms with Gasteiger partial charge in [0.15, 0.2) is 0 Å². The van der Waals surface area contributed by atoms with Crippen LogP contribution in [-0.4, -0.2) is 51.3 Å². The molecule has 2 bridgehead atoms. The van der Waals surface area contributed by atoms with Crippen molar-refractivity contribution in [2.45, 2.75) is 63.9 Å². The van der Waals surface area contributed by atoms with Crippen LogP contribution < -0.4 is 10.2 Å². The van der Waals surface area contributed by atoms with Crippen LogP contribution in [0.1, 0.15) is 68.1 Å². The normalized spacial score (nSPS) is 24.8. The maximum Gasteiger partial charge on any atom is 0.264 e. The third-order valence-corrected chi connectivity index (χ3v) is 9.03. The molecule has 3 aliphatic rings. The number of amides is 1. The first kappa shape index (κ1) is 27.1. The van der Waals surface area contributed by atoms with Gasteiger partial charge in [0.2, 0.25) is 0 Å². The molecule has 196 valence electrons. The van der Waals surface area contributed by atoms with E-state index >= 15 is 0 Å². The minimum atomic E-state index is -3.45. The van der Waals surface area contributed by atoms with E-state index in [1.165, 1.54) is 44.9 Å². The van der Waals surface area contributed by atoms with E-state index in [1.807, 2.05) is 18.2 Å². The van der Waals surface area contributed by atoms with E-state index in [9.17, 15) is 13.2 Å². The lowest BCUT2D eigenvalue weighted by Gasteiger charge is -2.45. The highest BCUT2D eigenvalue weighted by Gasteiger charge is 2.39. The van der Waals surface area contributed by atoms with Crippen molar-refractivity contribution in [3.8, 4) is 0 Å². The molecule has 2 heterocycles. The van der Waals surface area contributed by atoms with E-state index in [4.69, 9.17) is 20.8 Å². The summed E-state index contributed by atoms with van der Waals surface area (Å²) in [5, 5.41) is 4.41. The van der Waals surface area contributed by atoms with Crippen LogP contribution in [0.15, 0.2) is 24.3 Å². The summed E-state index contributed by atoms with van der Waals surface area (Å²) in [4.78, 5) is 20.3. The van der Waals surface area contributed by atoms with Gasteiger partial charge >= 0.3 is 0 Å². The SMILES string of the molecule is CS(=O)(=O)OC1CCN(c2ccc3c(C(=O)NCC45CCCC(CCC4)C5)c(Cl)ccc3n2)CC1.[CH2]. The lowest BCUT2D eigenvalue weighted by atomic mass is 9.62. The Labute approximate surface area is 220 Å². The molecule has 5 rings (SSSR count). The lowest BCUT2D eigenvalue weighted by Crippen LogP contribution is -2.43. The number of piperidine rings is 1. The molecule has 1 saturated heterocycles. The molecule has 7 nitrogen and oxygen atoms in total. The first-order valence-corrected chi connectivity index (χ1v) is 14.9. The van der Waals surface area contributed by atoms with Crippen molar-refractivity contribution in [2.24, 2.45) is 11.3 Å². The second-order valence-corrected chi connectivity index (χ2v) is 12.7. The number of carbonyl (C=O) groups is 1. The van der Waals surface area contributed by atoms with Crippen molar-refractivity contribution in [1.29, 1.82) is 0 Å². The summed E-state index contributed by atoms with van der Waals surface area (Å²) in [7, 11) is -3.45. The number of hydrogen-bond acceptors (Lipinski definition) is 6. The van der Waals surface area contributed by atoms with Gasteiger partial charge in [-0.05, 0) is 67.7 Å². The van der Waals surface area contributed by atoms with E-state index in [-0.39, 0.29) is 24.9 Å². The van der Waals surface area contributed by atoms with E-state index in [2.05, 4.69) is 10.2 Å². The van der Waals surface area contributed by atoms with Crippen LogP contribution in [-0.2, 0) is 14.3 Å². The highest BCUT2D eigenvalue weighted by molar-refractivity contribution is 7.86. The molecule has 9 heteroatoms. The summed E-state index contributed by atoms with van der Waals surface area (Å²) in [6.07, 6.45) is 10.8.